The Morgan fingerprint density at radius 2 is 2.00 bits per heavy atom. The number of halogens is 1. The summed E-state index contributed by atoms with van der Waals surface area (Å²) in [4.78, 5) is 7.85. The molecule has 0 aliphatic heterocycles. The number of rotatable bonds is 6. The quantitative estimate of drug-likeness (QED) is 0.881. The van der Waals surface area contributed by atoms with Crippen LogP contribution in [0.5, 0.6) is 11.5 Å². The minimum absolute atomic E-state index is 0.0409. The fourth-order valence-corrected chi connectivity index (χ4v) is 1.97. The molecular formula is C16H20FN3O2. The van der Waals surface area contributed by atoms with Gasteiger partial charge in [0, 0.05) is 11.8 Å². The van der Waals surface area contributed by atoms with E-state index < -0.39 is 5.82 Å². The van der Waals surface area contributed by atoms with Gasteiger partial charge in [0.2, 0.25) is 0 Å². The van der Waals surface area contributed by atoms with E-state index in [4.69, 9.17) is 9.47 Å². The molecule has 0 aliphatic rings. The van der Waals surface area contributed by atoms with Crippen LogP contribution in [0.3, 0.4) is 0 Å². The normalized spacial score (nSPS) is 10.6. The van der Waals surface area contributed by atoms with Crippen molar-refractivity contribution >= 4 is 11.5 Å². The van der Waals surface area contributed by atoms with Crippen molar-refractivity contribution in [3.63, 3.8) is 0 Å². The van der Waals surface area contributed by atoms with Crippen LogP contribution >= 0.6 is 0 Å². The molecule has 5 nitrogen and oxygen atoms in total. The third-order valence-electron chi connectivity index (χ3n) is 2.99. The van der Waals surface area contributed by atoms with Gasteiger partial charge in [0.15, 0.2) is 23.1 Å². The number of anilines is 2. The smallest absolute Gasteiger partial charge is 0.187 e. The molecule has 0 saturated heterocycles. The van der Waals surface area contributed by atoms with Gasteiger partial charge in [-0.05, 0) is 32.4 Å². The molecule has 0 saturated carbocycles. The maximum Gasteiger partial charge on any atom is 0.187 e. The first-order chi connectivity index (χ1) is 10.5. The van der Waals surface area contributed by atoms with E-state index in [0.717, 1.165) is 0 Å². The summed E-state index contributed by atoms with van der Waals surface area (Å²) in [5.74, 6) is 0.919. The molecule has 22 heavy (non-hydrogen) atoms. The SMILES string of the molecule is CCc1ncnc(Nc2ccc(OC(C)C)c(OC)c2)c1F. The van der Waals surface area contributed by atoms with Gasteiger partial charge in [0.1, 0.15) is 6.33 Å². The Balaban J connectivity index is 2.27. The van der Waals surface area contributed by atoms with E-state index in [0.29, 0.717) is 29.3 Å². The van der Waals surface area contributed by atoms with Gasteiger partial charge in [-0.3, -0.25) is 0 Å². The Kier molecular flexibility index (Phi) is 5.14. The Labute approximate surface area is 129 Å². The van der Waals surface area contributed by atoms with E-state index in [1.165, 1.54) is 6.33 Å². The molecule has 0 spiro atoms. The second-order valence-corrected chi connectivity index (χ2v) is 4.99. The van der Waals surface area contributed by atoms with Crippen LogP contribution in [0.4, 0.5) is 15.9 Å². The third kappa shape index (κ3) is 3.63. The number of hydrogen-bond donors (Lipinski definition) is 1. The van der Waals surface area contributed by atoms with E-state index in [9.17, 15) is 4.39 Å². The summed E-state index contributed by atoms with van der Waals surface area (Å²) in [6, 6.07) is 5.30. The van der Waals surface area contributed by atoms with Crippen LogP contribution in [-0.2, 0) is 6.42 Å². The molecule has 2 rings (SSSR count). The lowest BCUT2D eigenvalue weighted by Gasteiger charge is -2.15. The zero-order valence-corrected chi connectivity index (χ0v) is 13.2. The molecule has 0 bridgehead atoms. The molecule has 1 N–H and O–H groups in total. The molecule has 2 aromatic rings. The fraction of sp³-hybridized carbons (Fsp3) is 0.375. The standard InChI is InChI=1S/C16H20FN3O2/c1-5-12-15(17)16(19-9-18-12)20-11-6-7-13(22-10(2)3)14(8-11)21-4/h6-10H,5H2,1-4H3,(H,18,19,20). The molecule has 1 heterocycles. The van der Waals surface area contributed by atoms with Crippen LogP contribution in [-0.4, -0.2) is 23.2 Å². The van der Waals surface area contributed by atoms with Crippen molar-refractivity contribution in [1.29, 1.82) is 0 Å². The van der Waals surface area contributed by atoms with Gasteiger partial charge in [0.05, 0.1) is 18.9 Å². The number of aromatic nitrogens is 2. The maximum atomic E-state index is 14.1. The zero-order valence-electron chi connectivity index (χ0n) is 13.2. The minimum Gasteiger partial charge on any atom is -0.493 e. The molecule has 118 valence electrons. The van der Waals surface area contributed by atoms with Crippen molar-refractivity contribution in [2.75, 3.05) is 12.4 Å². The van der Waals surface area contributed by atoms with E-state index in [1.54, 1.807) is 25.3 Å². The largest absolute Gasteiger partial charge is 0.493 e. The van der Waals surface area contributed by atoms with Crippen LogP contribution in [0.25, 0.3) is 0 Å². The lowest BCUT2D eigenvalue weighted by atomic mass is 10.2. The summed E-state index contributed by atoms with van der Waals surface area (Å²) in [6.45, 7) is 5.72. The van der Waals surface area contributed by atoms with E-state index in [2.05, 4.69) is 15.3 Å². The first kappa shape index (κ1) is 16.0. The fourth-order valence-electron chi connectivity index (χ4n) is 1.97. The maximum absolute atomic E-state index is 14.1. The Hall–Kier alpha value is -2.37. The summed E-state index contributed by atoms with van der Waals surface area (Å²) in [5.41, 5.74) is 1.04. The number of nitrogens with one attached hydrogen (secondary N) is 1. The molecule has 1 aromatic carbocycles. The number of nitrogens with zero attached hydrogens (tertiary/aromatic N) is 2. The molecule has 0 fully saturated rings. The predicted octanol–water partition coefficient (Wildman–Crippen LogP) is 3.72. The summed E-state index contributed by atoms with van der Waals surface area (Å²) in [5, 5.41) is 2.94. The van der Waals surface area contributed by atoms with Gasteiger partial charge in [-0.1, -0.05) is 6.92 Å². The molecule has 0 atom stereocenters. The van der Waals surface area contributed by atoms with Gasteiger partial charge in [-0.2, -0.15) is 0 Å². The van der Waals surface area contributed by atoms with Gasteiger partial charge >= 0.3 is 0 Å². The van der Waals surface area contributed by atoms with Crippen LogP contribution in [0, 0.1) is 5.82 Å². The highest BCUT2D eigenvalue weighted by molar-refractivity contribution is 5.61. The van der Waals surface area contributed by atoms with Crippen molar-refractivity contribution in [2.45, 2.75) is 33.3 Å². The molecule has 6 heteroatoms. The average molecular weight is 305 g/mol. The number of ether oxygens (including phenoxy) is 2. The first-order valence-electron chi connectivity index (χ1n) is 7.16. The van der Waals surface area contributed by atoms with Gasteiger partial charge in [-0.25, -0.2) is 14.4 Å². The van der Waals surface area contributed by atoms with Crippen LogP contribution in [0.1, 0.15) is 26.5 Å². The van der Waals surface area contributed by atoms with Crippen molar-refractivity contribution in [3.05, 3.63) is 36.0 Å². The molecule has 0 aliphatic carbocycles. The van der Waals surface area contributed by atoms with Crippen molar-refractivity contribution in [1.82, 2.24) is 9.97 Å². The van der Waals surface area contributed by atoms with Crippen LogP contribution in [0.2, 0.25) is 0 Å². The molecule has 1 aromatic heterocycles. The number of aryl methyl sites for hydroxylation is 1. The lowest BCUT2D eigenvalue weighted by molar-refractivity contribution is 0.230. The van der Waals surface area contributed by atoms with E-state index in [-0.39, 0.29) is 11.9 Å². The van der Waals surface area contributed by atoms with Gasteiger partial charge in [0.25, 0.3) is 0 Å². The molecule has 0 unspecified atom stereocenters. The highest BCUT2D eigenvalue weighted by Gasteiger charge is 2.12. The molecular weight excluding hydrogens is 285 g/mol. The lowest BCUT2D eigenvalue weighted by Crippen LogP contribution is -2.07. The van der Waals surface area contributed by atoms with Crippen molar-refractivity contribution in [3.8, 4) is 11.5 Å². The second-order valence-electron chi connectivity index (χ2n) is 4.99. The van der Waals surface area contributed by atoms with E-state index >= 15 is 0 Å². The summed E-state index contributed by atoms with van der Waals surface area (Å²) in [7, 11) is 1.56. The summed E-state index contributed by atoms with van der Waals surface area (Å²) in [6.07, 6.45) is 1.89. The number of benzene rings is 1. The summed E-state index contributed by atoms with van der Waals surface area (Å²) < 4.78 is 25.1. The Morgan fingerprint density at radius 1 is 1.23 bits per heavy atom. The minimum atomic E-state index is -0.438. The Bertz CT molecular complexity index is 647. The monoisotopic (exact) mass is 305 g/mol. The van der Waals surface area contributed by atoms with Crippen molar-refractivity contribution in [2.24, 2.45) is 0 Å². The molecule has 0 amide bonds. The van der Waals surface area contributed by atoms with Crippen LogP contribution in [0.15, 0.2) is 24.5 Å². The van der Waals surface area contributed by atoms with Gasteiger partial charge in [-0.15, -0.1) is 0 Å². The van der Waals surface area contributed by atoms with E-state index in [1.807, 2.05) is 20.8 Å². The van der Waals surface area contributed by atoms with Gasteiger partial charge < -0.3 is 14.8 Å². The third-order valence-corrected chi connectivity index (χ3v) is 2.99. The second kappa shape index (κ2) is 7.06. The number of hydrogen-bond acceptors (Lipinski definition) is 5. The first-order valence-corrected chi connectivity index (χ1v) is 7.16. The van der Waals surface area contributed by atoms with Crippen LogP contribution < -0.4 is 14.8 Å². The predicted molar refractivity (Wildman–Crippen MR) is 83.4 cm³/mol. The topological polar surface area (TPSA) is 56.3 Å². The zero-order chi connectivity index (χ0) is 16.1. The number of methoxy groups -OCH3 is 1. The molecule has 0 radical (unpaired) electrons. The highest BCUT2D eigenvalue weighted by Crippen LogP contribution is 2.32. The van der Waals surface area contributed by atoms with Crippen molar-refractivity contribution < 1.29 is 13.9 Å². The summed E-state index contributed by atoms with van der Waals surface area (Å²) >= 11 is 0. The Morgan fingerprint density at radius 3 is 2.64 bits per heavy atom. The average Bonchev–Trinajstić information content (AvgIpc) is 2.50. The highest BCUT2D eigenvalue weighted by atomic mass is 19.1.